The molecule has 1 aliphatic rings. The van der Waals surface area contributed by atoms with E-state index in [0.717, 1.165) is 25.9 Å². The Kier molecular flexibility index (Phi) is 7.81. The van der Waals surface area contributed by atoms with Crippen molar-refractivity contribution >= 4 is 50.8 Å². The lowest BCUT2D eigenvalue weighted by atomic mass is 10.1. The van der Waals surface area contributed by atoms with Gasteiger partial charge in [-0.05, 0) is 77.4 Å². The Morgan fingerprint density at radius 3 is 2.43 bits per heavy atom. The average Bonchev–Trinajstić information content (AvgIpc) is 3.02. The van der Waals surface area contributed by atoms with E-state index < -0.39 is 0 Å². The molecule has 0 saturated carbocycles. The smallest absolute Gasteiger partial charge is 0.257 e. The number of carbonyl (C=O) groups excluding carboxylic acids is 2. The number of rotatable bonds is 4. The molecular weight excluding hydrogens is 466 g/mol. The number of methoxy groups -OCH3 is 1. The number of hydrogen-bond acceptors (Lipinski definition) is 4. The molecule has 1 aliphatic heterocycles. The second kappa shape index (κ2) is 10.5. The first-order valence-electron chi connectivity index (χ1n) is 9.83. The average molecular weight is 490 g/mol. The molecule has 0 radical (unpaired) electrons. The van der Waals surface area contributed by atoms with Crippen LogP contribution in [0, 0.1) is 0 Å². The Morgan fingerprint density at radius 1 is 1.03 bits per heavy atom. The highest BCUT2D eigenvalue weighted by Gasteiger charge is 2.18. The lowest BCUT2D eigenvalue weighted by Crippen LogP contribution is -2.34. The van der Waals surface area contributed by atoms with Crippen molar-refractivity contribution < 1.29 is 14.3 Å². The van der Waals surface area contributed by atoms with E-state index in [9.17, 15) is 9.59 Å². The van der Waals surface area contributed by atoms with Crippen molar-refractivity contribution in [1.29, 1.82) is 0 Å². The Hall–Kier alpha value is -2.45. The number of likely N-dealkylation sites (tertiary alicyclic amines) is 1. The van der Waals surface area contributed by atoms with Crippen LogP contribution in [0.3, 0.4) is 0 Å². The van der Waals surface area contributed by atoms with E-state index >= 15 is 0 Å². The molecule has 0 bridgehead atoms. The van der Waals surface area contributed by atoms with Crippen LogP contribution in [0.5, 0.6) is 5.75 Å². The number of hydrogen-bond donors (Lipinski definition) is 2. The summed E-state index contributed by atoms with van der Waals surface area (Å²) in [5.41, 5.74) is 1.70. The van der Waals surface area contributed by atoms with E-state index in [0.29, 0.717) is 27.0 Å². The van der Waals surface area contributed by atoms with Gasteiger partial charge in [0.2, 0.25) is 0 Å². The van der Waals surface area contributed by atoms with Crippen LogP contribution >= 0.6 is 28.1 Å². The number of anilines is 1. The number of benzene rings is 2. The van der Waals surface area contributed by atoms with Crippen molar-refractivity contribution in [3.63, 3.8) is 0 Å². The van der Waals surface area contributed by atoms with Gasteiger partial charge in [-0.3, -0.25) is 14.9 Å². The number of ether oxygens (including phenoxy) is 1. The molecule has 0 unspecified atom stereocenters. The second-order valence-corrected chi connectivity index (χ2v) is 8.31. The first kappa shape index (κ1) is 22.2. The molecule has 2 amide bonds. The van der Waals surface area contributed by atoms with Gasteiger partial charge in [0, 0.05) is 29.9 Å². The summed E-state index contributed by atoms with van der Waals surface area (Å²) in [5, 5.41) is 5.80. The maximum absolute atomic E-state index is 12.8. The Labute approximate surface area is 190 Å². The molecule has 30 heavy (non-hydrogen) atoms. The van der Waals surface area contributed by atoms with Gasteiger partial charge in [-0.15, -0.1) is 0 Å². The van der Waals surface area contributed by atoms with Gasteiger partial charge in [0.1, 0.15) is 5.75 Å². The summed E-state index contributed by atoms with van der Waals surface area (Å²) in [7, 11) is 1.56. The molecule has 6 nitrogen and oxygen atoms in total. The Balaban J connectivity index is 1.62. The van der Waals surface area contributed by atoms with E-state index in [1.807, 2.05) is 11.0 Å². The van der Waals surface area contributed by atoms with Gasteiger partial charge in [-0.2, -0.15) is 0 Å². The van der Waals surface area contributed by atoms with Crippen molar-refractivity contribution in [1.82, 2.24) is 10.2 Å². The van der Waals surface area contributed by atoms with Gasteiger partial charge < -0.3 is 15.0 Å². The topological polar surface area (TPSA) is 70.7 Å². The number of halogens is 1. The minimum Gasteiger partial charge on any atom is -0.496 e. The predicted octanol–water partition coefficient (Wildman–Crippen LogP) is 4.60. The normalized spacial score (nSPS) is 13.9. The van der Waals surface area contributed by atoms with Crippen LogP contribution in [0.15, 0.2) is 46.9 Å². The maximum Gasteiger partial charge on any atom is 0.257 e. The summed E-state index contributed by atoms with van der Waals surface area (Å²) in [4.78, 5) is 27.2. The molecule has 0 aliphatic carbocycles. The third kappa shape index (κ3) is 5.79. The van der Waals surface area contributed by atoms with Gasteiger partial charge in [0.15, 0.2) is 5.11 Å². The fourth-order valence-corrected chi connectivity index (χ4v) is 4.08. The first-order chi connectivity index (χ1) is 14.5. The van der Waals surface area contributed by atoms with E-state index in [-0.39, 0.29) is 16.9 Å². The molecule has 158 valence electrons. The standard InChI is InChI=1S/C22H24BrN3O3S/c1-29-19-10-9-15(14-18(19)23)20(27)25-22(30)24-17-8-6-7-16(13-17)21(28)26-11-4-2-3-5-12-26/h6-10,13-14H,2-5,11-12H2,1H3,(H2,24,25,27,30). The Bertz CT molecular complexity index is 943. The van der Waals surface area contributed by atoms with Gasteiger partial charge in [-0.25, -0.2) is 0 Å². The highest BCUT2D eigenvalue weighted by molar-refractivity contribution is 9.10. The second-order valence-electron chi connectivity index (χ2n) is 7.04. The van der Waals surface area contributed by atoms with Gasteiger partial charge in [0.05, 0.1) is 11.6 Å². The molecule has 2 N–H and O–H groups in total. The molecule has 2 aromatic carbocycles. The van der Waals surface area contributed by atoms with Crippen molar-refractivity contribution in [2.45, 2.75) is 25.7 Å². The molecular formula is C22H24BrN3O3S. The molecule has 1 fully saturated rings. The molecule has 1 heterocycles. The van der Waals surface area contributed by atoms with E-state index in [2.05, 4.69) is 26.6 Å². The highest BCUT2D eigenvalue weighted by atomic mass is 79.9. The van der Waals surface area contributed by atoms with E-state index in [1.165, 1.54) is 12.8 Å². The largest absolute Gasteiger partial charge is 0.496 e. The zero-order valence-corrected chi connectivity index (χ0v) is 19.1. The fourth-order valence-electron chi connectivity index (χ4n) is 3.33. The van der Waals surface area contributed by atoms with Gasteiger partial charge in [-0.1, -0.05) is 18.9 Å². The molecule has 1 saturated heterocycles. The summed E-state index contributed by atoms with van der Waals surface area (Å²) in [5.74, 6) is 0.324. The number of amides is 2. The van der Waals surface area contributed by atoms with Crippen LogP contribution in [0.4, 0.5) is 5.69 Å². The van der Waals surface area contributed by atoms with Crippen molar-refractivity contribution in [3.8, 4) is 5.75 Å². The number of thiocarbonyl (C=S) groups is 1. The van der Waals surface area contributed by atoms with Crippen LogP contribution in [0.2, 0.25) is 0 Å². The Morgan fingerprint density at radius 2 is 1.77 bits per heavy atom. The summed E-state index contributed by atoms with van der Waals surface area (Å²) < 4.78 is 5.85. The molecule has 0 atom stereocenters. The van der Waals surface area contributed by atoms with Crippen LogP contribution in [-0.2, 0) is 0 Å². The first-order valence-corrected chi connectivity index (χ1v) is 11.0. The molecule has 0 spiro atoms. The van der Waals surface area contributed by atoms with E-state index in [1.54, 1.807) is 43.5 Å². The highest BCUT2D eigenvalue weighted by Crippen LogP contribution is 2.25. The van der Waals surface area contributed by atoms with Crippen molar-refractivity contribution in [2.24, 2.45) is 0 Å². The predicted molar refractivity (Wildman–Crippen MR) is 125 cm³/mol. The minimum atomic E-state index is -0.340. The zero-order chi connectivity index (χ0) is 21.5. The monoisotopic (exact) mass is 489 g/mol. The molecule has 2 aromatic rings. The van der Waals surface area contributed by atoms with Crippen LogP contribution in [-0.4, -0.2) is 42.0 Å². The van der Waals surface area contributed by atoms with Crippen LogP contribution < -0.4 is 15.4 Å². The third-order valence-electron chi connectivity index (χ3n) is 4.90. The molecule has 0 aromatic heterocycles. The summed E-state index contributed by atoms with van der Waals surface area (Å²) in [6, 6.07) is 12.2. The third-order valence-corrected chi connectivity index (χ3v) is 5.73. The van der Waals surface area contributed by atoms with Crippen molar-refractivity contribution in [2.75, 3.05) is 25.5 Å². The minimum absolute atomic E-state index is 0.0265. The van der Waals surface area contributed by atoms with Crippen LogP contribution in [0.25, 0.3) is 0 Å². The quantitative estimate of drug-likeness (QED) is 0.614. The maximum atomic E-state index is 12.8. The van der Waals surface area contributed by atoms with Crippen LogP contribution in [0.1, 0.15) is 46.4 Å². The van der Waals surface area contributed by atoms with Gasteiger partial charge in [0.25, 0.3) is 11.8 Å². The lowest BCUT2D eigenvalue weighted by Gasteiger charge is -2.20. The number of carbonyl (C=O) groups is 2. The summed E-state index contributed by atoms with van der Waals surface area (Å²) in [6.07, 6.45) is 4.43. The number of nitrogens with one attached hydrogen (secondary N) is 2. The lowest BCUT2D eigenvalue weighted by molar-refractivity contribution is 0.0761. The SMILES string of the molecule is COc1ccc(C(=O)NC(=S)Nc2cccc(C(=O)N3CCCCCC3)c2)cc1Br. The summed E-state index contributed by atoms with van der Waals surface area (Å²) >= 11 is 8.64. The van der Waals surface area contributed by atoms with E-state index in [4.69, 9.17) is 17.0 Å². The summed E-state index contributed by atoms with van der Waals surface area (Å²) in [6.45, 7) is 1.59. The van der Waals surface area contributed by atoms with Gasteiger partial charge >= 0.3 is 0 Å². The molecule has 3 rings (SSSR count). The molecule has 8 heteroatoms. The number of nitrogens with zero attached hydrogens (tertiary/aromatic N) is 1. The van der Waals surface area contributed by atoms with Crippen molar-refractivity contribution in [3.05, 3.63) is 58.1 Å². The fraction of sp³-hybridized carbons (Fsp3) is 0.318. The zero-order valence-electron chi connectivity index (χ0n) is 16.7.